The van der Waals surface area contributed by atoms with E-state index in [-0.39, 0.29) is 28.7 Å². The molecule has 1 aliphatic heterocycles. The van der Waals surface area contributed by atoms with E-state index in [9.17, 15) is 13.2 Å². The molecule has 222 valence electrons. The fourth-order valence-corrected chi connectivity index (χ4v) is 6.95. The smallest absolute Gasteiger partial charge is 0.178 e. The zero-order valence-corrected chi connectivity index (χ0v) is 25.6. The van der Waals surface area contributed by atoms with E-state index in [0.29, 0.717) is 30.0 Å². The van der Waals surface area contributed by atoms with E-state index in [4.69, 9.17) is 4.98 Å². The van der Waals surface area contributed by atoms with Gasteiger partial charge in [-0.1, -0.05) is 37.3 Å². The third-order valence-corrected chi connectivity index (χ3v) is 9.13. The van der Waals surface area contributed by atoms with Crippen LogP contribution in [-0.4, -0.2) is 71.5 Å². The summed E-state index contributed by atoms with van der Waals surface area (Å²) < 4.78 is 39.0. The van der Waals surface area contributed by atoms with Crippen LogP contribution in [0.1, 0.15) is 49.7 Å². The molecule has 0 radical (unpaired) electrons. The maximum absolute atomic E-state index is 15.0. The van der Waals surface area contributed by atoms with Crippen molar-refractivity contribution in [2.24, 2.45) is 0 Å². The number of fused-ring (bicyclic) bond motifs is 1. The first-order chi connectivity index (χ1) is 20.0. The normalized spacial score (nSPS) is 18.8. The van der Waals surface area contributed by atoms with Gasteiger partial charge in [0.25, 0.3) is 0 Å². The second-order valence-electron chi connectivity index (χ2n) is 11.5. The number of benzene rings is 2. The Morgan fingerprint density at radius 2 is 1.81 bits per heavy atom. The number of hydrogen-bond acceptors (Lipinski definition) is 7. The zero-order chi connectivity index (χ0) is 30.2. The van der Waals surface area contributed by atoms with Gasteiger partial charge >= 0.3 is 0 Å². The number of carbonyl (C=O) groups is 1. The SMILES string of the molecule is CC[C@H](C(=O)Cc1cccc2c(-c3nc(Cc4cccc(S(C)(=O)=O)c4F)ncc3C)c[nH]c12)N1C[C@@H](C)N[C@H](C)C1. The summed E-state index contributed by atoms with van der Waals surface area (Å²) in [5, 5.41) is 4.48. The van der Waals surface area contributed by atoms with E-state index < -0.39 is 15.7 Å². The van der Waals surface area contributed by atoms with E-state index in [2.05, 4.69) is 41.0 Å². The van der Waals surface area contributed by atoms with Crippen LogP contribution in [0.5, 0.6) is 0 Å². The molecule has 2 N–H and O–H groups in total. The predicted molar refractivity (Wildman–Crippen MR) is 163 cm³/mol. The van der Waals surface area contributed by atoms with Gasteiger partial charge in [-0.15, -0.1) is 0 Å². The van der Waals surface area contributed by atoms with Crippen molar-refractivity contribution in [1.82, 2.24) is 25.2 Å². The Labute approximate surface area is 246 Å². The lowest BCUT2D eigenvalue weighted by Crippen LogP contribution is -2.58. The quantitative estimate of drug-likeness (QED) is 0.292. The van der Waals surface area contributed by atoms with Crippen LogP contribution >= 0.6 is 0 Å². The van der Waals surface area contributed by atoms with Crippen molar-refractivity contribution in [3.8, 4) is 11.3 Å². The second-order valence-corrected chi connectivity index (χ2v) is 13.5. The fourth-order valence-electron chi connectivity index (χ4n) is 6.16. The van der Waals surface area contributed by atoms with Crippen LogP contribution in [0.3, 0.4) is 0 Å². The minimum Gasteiger partial charge on any atom is -0.360 e. The summed E-state index contributed by atoms with van der Waals surface area (Å²) >= 11 is 0. The van der Waals surface area contributed by atoms with Gasteiger partial charge in [-0.3, -0.25) is 9.69 Å². The average Bonchev–Trinajstić information content (AvgIpc) is 3.35. The summed E-state index contributed by atoms with van der Waals surface area (Å²) in [4.78, 5) is 28.1. The number of aromatic nitrogens is 3. The van der Waals surface area contributed by atoms with Crippen molar-refractivity contribution < 1.29 is 17.6 Å². The van der Waals surface area contributed by atoms with Crippen LogP contribution in [0, 0.1) is 12.7 Å². The van der Waals surface area contributed by atoms with Crippen LogP contribution in [0.15, 0.2) is 53.7 Å². The molecule has 1 fully saturated rings. The number of piperazine rings is 1. The molecule has 8 nitrogen and oxygen atoms in total. The number of halogens is 1. The third kappa shape index (κ3) is 6.16. The summed E-state index contributed by atoms with van der Waals surface area (Å²) in [6, 6.07) is 10.8. The van der Waals surface area contributed by atoms with Crippen LogP contribution < -0.4 is 5.32 Å². The molecule has 0 aliphatic carbocycles. The molecule has 2 aromatic heterocycles. The van der Waals surface area contributed by atoms with Gasteiger partial charge in [-0.05, 0) is 49.9 Å². The van der Waals surface area contributed by atoms with Gasteiger partial charge in [0.15, 0.2) is 15.6 Å². The summed E-state index contributed by atoms with van der Waals surface area (Å²) in [6.45, 7) is 10.0. The summed E-state index contributed by atoms with van der Waals surface area (Å²) in [6.07, 6.45) is 5.71. The van der Waals surface area contributed by atoms with Gasteiger partial charge < -0.3 is 10.3 Å². The molecule has 0 saturated carbocycles. The molecule has 1 saturated heterocycles. The molecule has 3 heterocycles. The lowest BCUT2D eigenvalue weighted by molar-refractivity contribution is -0.124. The number of hydrogen-bond donors (Lipinski definition) is 2. The number of carbonyl (C=O) groups excluding carboxylic acids is 1. The summed E-state index contributed by atoms with van der Waals surface area (Å²) in [5.74, 6) is -0.186. The monoisotopic (exact) mass is 591 g/mol. The molecule has 2 aromatic carbocycles. The number of ketones is 1. The van der Waals surface area contributed by atoms with Crippen LogP contribution in [0.2, 0.25) is 0 Å². The highest BCUT2D eigenvalue weighted by atomic mass is 32.2. The highest BCUT2D eigenvalue weighted by molar-refractivity contribution is 7.90. The van der Waals surface area contributed by atoms with Crippen LogP contribution in [-0.2, 0) is 27.5 Å². The van der Waals surface area contributed by atoms with Gasteiger partial charge in [0, 0.05) is 73.1 Å². The molecular weight excluding hydrogens is 553 g/mol. The zero-order valence-electron chi connectivity index (χ0n) is 24.7. The number of nitrogens with zero attached hydrogens (tertiary/aromatic N) is 3. The Kier molecular flexibility index (Phi) is 8.59. The molecule has 5 rings (SSSR count). The Morgan fingerprint density at radius 3 is 2.50 bits per heavy atom. The topological polar surface area (TPSA) is 108 Å². The highest BCUT2D eigenvalue weighted by Gasteiger charge is 2.30. The lowest BCUT2D eigenvalue weighted by atomic mass is 9.96. The Morgan fingerprint density at radius 1 is 1.12 bits per heavy atom. The van der Waals surface area contributed by atoms with Crippen molar-refractivity contribution in [3.63, 3.8) is 0 Å². The molecule has 0 spiro atoms. The number of sulfone groups is 1. The molecule has 10 heteroatoms. The van der Waals surface area contributed by atoms with E-state index in [0.717, 1.165) is 53.4 Å². The molecule has 3 atom stereocenters. The van der Waals surface area contributed by atoms with Crippen molar-refractivity contribution in [3.05, 3.63) is 77.1 Å². The first kappa shape index (κ1) is 30.0. The Bertz CT molecular complexity index is 1730. The molecule has 42 heavy (non-hydrogen) atoms. The largest absolute Gasteiger partial charge is 0.360 e. The van der Waals surface area contributed by atoms with Crippen molar-refractivity contribution in [2.45, 2.75) is 70.0 Å². The van der Waals surface area contributed by atoms with E-state index in [1.165, 1.54) is 12.1 Å². The van der Waals surface area contributed by atoms with Crippen molar-refractivity contribution in [1.29, 1.82) is 0 Å². The number of nitrogens with one attached hydrogen (secondary N) is 2. The van der Waals surface area contributed by atoms with Crippen molar-refractivity contribution >= 4 is 26.5 Å². The maximum atomic E-state index is 15.0. The standard InChI is InChI=1S/C32H38FN5O3S/c1-6-26(38-17-20(3)36-21(4)18-38)27(39)13-23-10-7-11-24-25(16-35-32(23)24)31-19(2)15-34-29(37-31)14-22-9-8-12-28(30(22)33)42(5,40)41/h7-12,15-16,20-21,26,35-36H,6,13-14,17-18H2,1-5H3/t20-,21-,26-/m1/s1. The number of aryl methyl sites for hydroxylation is 1. The van der Waals surface area contributed by atoms with Crippen molar-refractivity contribution in [2.75, 3.05) is 19.3 Å². The molecule has 4 aromatic rings. The number of para-hydroxylation sites is 1. The molecular formula is C32H38FN5O3S. The Hall–Kier alpha value is -3.47. The number of aromatic amines is 1. The summed E-state index contributed by atoms with van der Waals surface area (Å²) in [7, 11) is -3.70. The Balaban J connectivity index is 1.43. The molecule has 0 amide bonds. The maximum Gasteiger partial charge on any atom is 0.178 e. The van der Waals surface area contributed by atoms with Gasteiger partial charge in [-0.25, -0.2) is 22.8 Å². The predicted octanol–water partition coefficient (Wildman–Crippen LogP) is 4.64. The van der Waals surface area contributed by atoms with Crippen LogP contribution in [0.25, 0.3) is 22.2 Å². The van der Waals surface area contributed by atoms with Gasteiger partial charge in [0.2, 0.25) is 0 Å². The third-order valence-electron chi connectivity index (χ3n) is 8.02. The van der Waals surface area contributed by atoms with Gasteiger partial charge in [0.1, 0.15) is 16.5 Å². The number of rotatable bonds is 9. The van der Waals surface area contributed by atoms with Gasteiger partial charge in [0.05, 0.1) is 11.7 Å². The minimum absolute atomic E-state index is 0.0479. The molecule has 0 unspecified atom stereocenters. The minimum atomic E-state index is -3.70. The number of Topliss-reactive ketones (excluding diaryl/α,β-unsaturated/α-hetero) is 1. The highest BCUT2D eigenvalue weighted by Crippen LogP contribution is 2.32. The number of H-pyrrole nitrogens is 1. The van der Waals surface area contributed by atoms with E-state index in [1.807, 2.05) is 31.3 Å². The fraction of sp³-hybridized carbons (Fsp3) is 0.406. The van der Waals surface area contributed by atoms with Gasteiger partial charge in [-0.2, -0.15) is 0 Å². The lowest BCUT2D eigenvalue weighted by Gasteiger charge is -2.40. The first-order valence-electron chi connectivity index (χ1n) is 14.4. The molecule has 0 bridgehead atoms. The van der Waals surface area contributed by atoms with Crippen LogP contribution in [0.4, 0.5) is 4.39 Å². The second kappa shape index (κ2) is 12.0. The first-order valence-corrected chi connectivity index (χ1v) is 16.3. The average molecular weight is 592 g/mol. The summed E-state index contributed by atoms with van der Waals surface area (Å²) in [5.41, 5.74) is 4.45. The van der Waals surface area contributed by atoms with E-state index >= 15 is 4.39 Å². The van der Waals surface area contributed by atoms with E-state index in [1.54, 1.807) is 12.3 Å². The molecule has 1 aliphatic rings.